The molecule has 6 nitrogen and oxygen atoms in total. The topological polar surface area (TPSA) is 65.7 Å². The molecule has 0 amide bonds. The van der Waals surface area contributed by atoms with Gasteiger partial charge in [0.25, 0.3) is 0 Å². The summed E-state index contributed by atoms with van der Waals surface area (Å²) in [5.74, 6) is 2.50. The highest BCUT2D eigenvalue weighted by atomic mass is 16.5. The first-order chi connectivity index (χ1) is 14.7. The largest absolute Gasteiger partial charge is 0.361 e. The Balaban J connectivity index is 1.48. The van der Waals surface area contributed by atoms with Gasteiger partial charge in [-0.3, -0.25) is 0 Å². The maximum atomic E-state index is 5.47. The van der Waals surface area contributed by atoms with Crippen LogP contribution in [0.5, 0.6) is 0 Å². The quantitative estimate of drug-likeness (QED) is 0.463. The molecule has 1 unspecified atom stereocenters. The molecule has 1 saturated heterocycles. The van der Waals surface area contributed by atoms with Crippen LogP contribution in [0.15, 0.2) is 39.8 Å². The predicted molar refractivity (Wildman–Crippen MR) is 123 cm³/mol. The van der Waals surface area contributed by atoms with Gasteiger partial charge in [0.1, 0.15) is 5.76 Å². The van der Waals surface area contributed by atoms with Crippen LogP contribution in [0, 0.1) is 5.92 Å². The van der Waals surface area contributed by atoms with Gasteiger partial charge in [-0.2, -0.15) is 0 Å². The molecular formula is C24H37N5O. The van der Waals surface area contributed by atoms with Gasteiger partial charge in [-0.1, -0.05) is 49.3 Å². The van der Waals surface area contributed by atoms with Crippen LogP contribution in [0.4, 0.5) is 0 Å². The molecule has 0 aliphatic carbocycles. The summed E-state index contributed by atoms with van der Waals surface area (Å²) in [7, 11) is 0. The van der Waals surface area contributed by atoms with Gasteiger partial charge in [0.05, 0.1) is 12.2 Å². The highest BCUT2D eigenvalue weighted by Gasteiger charge is 2.22. The molecule has 1 atom stereocenters. The Hall–Kier alpha value is -2.34. The molecule has 1 aromatic heterocycles. The van der Waals surface area contributed by atoms with Crippen LogP contribution in [0.25, 0.3) is 0 Å². The first kappa shape index (κ1) is 22.3. The van der Waals surface area contributed by atoms with Crippen molar-refractivity contribution < 1.29 is 4.52 Å². The van der Waals surface area contributed by atoms with Gasteiger partial charge in [-0.25, -0.2) is 4.99 Å². The summed E-state index contributed by atoms with van der Waals surface area (Å²) in [6, 6.07) is 10.8. The summed E-state index contributed by atoms with van der Waals surface area (Å²) in [6.45, 7) is 12.2. The minimum Gasteiger partial charge on any atom is -0.361 e. The van der Waals surface area contributed by atoms with Crippen LogP contribution in [0.3, 0.4) is 0 Å². The normalized spacial score (nSPS) is 17.4. The Bertz CT molecular complexity index is 765. The average molecular weight is 412 g/mol. The van der Waals surface area contributed by atoms with E-state index in [-0.39, 0.29) is 0 Å². The fourth-order valence-electron chi connectivity index (χ4n) is 4.07. The van der Waals surface area contributed by atoms with Crippen LogP contribution in [-0.2, 0) is 25.8 Å². The van der Waals surface area contributed by atoms with E-state index in [1.54, 1.807) is 0 Å². The van der Waals surface area contributed by atoms with E-state index in [1.165, 1.54) is 18.5 Å². The molecule has 1 aliphatic heterocycles. The van der Waals surface area contributed by atoms with Gasteiger partial charge in [-0.15, -0.1) is 0 Å². The van der Waals surface area contributed by atoms with E-state index in [1.807, 2.05) is 0 Å². The van der Waals surface area contributed by atoms with E-state index in [2.05, 4.69) is 71.8 Å². The molecule has 0 saturated carbocycles. The van der Waals surface area contributed by atoms with Crippen molar-refractivity contribution in [3.05, 3.63) is 52.9 Å². The van der Waals surface area contributed by atoms with Gasteiger partial charge in [0, 0.05) is 38.2 Å². The number of nitrogens with one attached hydrogen (secondary N) is 2. The molecule has 1 fully saturated rings. The lowest BCUT2D eigenvalue weighted by atomic mass is 10.1. The number of rotatable bonds is 10. The third-order valence-corrected chi connectivity index (χ3v) is 5.83. The zero-order valence-electron chi connectivity index (χ0n) is 18.8. The average Bonchev–Trinajstić information content (AvgIpc) is 3.41. The van der Waals surface area contributed by atoms with E-state index in [4.69, 9.17) is 9.52 Å². The lowest BCUT2D eigenvalue weighted by Gasteiger charge is -2.17. The van der Waals surface area contributed by atoms with Crippen molar-refractivity contribution in [2.24, 2.45) is 10.9 Å². The smallest absolute Gasteiger partial charge is 0.191 e. The number of hydrogen-bond donors (Lipinski definition) is 2. The van der Waals surface area contributed by atoms with Gasteiger partial charge in [-0.05, 0) is 44.2 Å². The fraction of sp³-hybridized carbons (Fsp3) is 0.583. The molecule has 30 heavy (non-hydrogen) atoms. The fourth-order valence-corrected chi connectivity index (χ4v) is 4.07. The number of aromatic nitrogens is 1. The molecule has 2 N–H and O–H groups in total. The van der Waals surface area contributed by atoms with Crippen LogP contribution < -0.4 is 10.6 Å². The summed E-state index contributed by atoms with van der Waals surface area (Å²) < 4.78 is 5.47. The number of guanidine groups is 1. The molecule has 3 rings (SSSR count). The third kappa shape index (κ3) is 6.33. The molecule has 1 aliphatic rings. The van der Waals surface area contributed by atoms with Crippen molar-refractivity contribution in [1.29, 1.82) is 0 Å². The van der Waals surface area contributed by atoms with Crippen molar-refractivity contribution in [3.8, 4) is 0 Å². The Labute approximate surface area is 181 Å². The van der Waals surface area contributed by atoms with Crippen LogP contribution in [-0.4, -0.2) is 48.7 Å². The zero-order valence-corrected chi connectivity index (χ0v) is 18.8. The number of nitrogens with zero attached hydrogens (tertiary/aromatic N) is 3. The molecular weight excluding hydrogens is 374 g/mol. The summed E-state index contributed by atoms with van der Waals surface area (Å²) >= 11 is 0. The van der Waals surface area contributed by atoms with E-state index < -0.39 is 0 Å². The van der Waals surface area contributed by atoms with Crippen LogP contribution >= 0.6 is 0 Å². The van der Waals surface area contributed by atoms with Crippen molar-refractivity contribution in [1.82, 2.24) is 20.7 Å². The van der Waals surface area contributed by atoms with Crippen molar-refractivity contribution in [2.45, 2.75) is 53.0 Å². The minimum atomic E-state index is 0.610. The first-order valence-electron chi connectivity index (χ1n) is 11.5. The Morgan fingerprint density at radius 1 is 1.17 bits per heavy atom. The molecule has 0 spiro atoms. The maximum Gasteiger partial charge on any atom is 0.191 e. The zero-order chi connectivity index (χ0) is 21.2. The Kier molecular flexibility index (Phi) is 8.75. The van der Waals surface area contributed by atoms with Gasteiger partial charge < -0.3 is 20.1 Å². The highest BCUT2D eigenvalue weighted by Crippen LogP contribution is 2.18. The molecule has 2 aromatic rings. The Morgan fingerprint density at radius 2 is 2.00 bits per heavy atom. The second kappa shape index (κ2) is 11.7. The second-order valence-corrected chi connectivity index (χ2v) is 8.01. The molecule has 2 heterocycles. The number of aryl methyl sites for hydroxylation is 2. The summed E-state index contributed by atoms with van der Waals surface area (Å²) in [6.07, 6.45) is 4.10. The molecule has 0 radical (unpaired) electrons. The van der Waals surface area contributed by atoms with E-state index in [0.717, 1.165) is 68.4 Å². The number of benzene rings is 1. The van der Waals surface area contributed by atoms with E-state index >= 15 is 0 Å². The maximum absolute atomic E-state index is 5.47. The van der Waals surface area contributed by atoms with Gasteiger partial charge >= 0.3 is 0 Å². The molecule has 6 heteroatoms. The van der Waals surface area contributed by atoms with Gasteiger partial charge in [0.2, 0.25) is 0 Å². The minimum absolute atomic E-state index is 0.610. The number of likely N-dealkylation sites (tertiary alicyclic amines) is 1. The second-order valence-electron chi connectivity index (χ2n) is 8.01. The lowest BCUT2D eigenvalue weighted by molar-refractivity contribution is 0.328. The standard InChI is InChI=1S/C24H37N5O/c1-4-22-21(23(5-2)30-28-22)17-27-24(25-6-3)26-16-20-13-15-29(18-20)14-12-19-10-8-7-9-11-19/h7-11,20H,4-6,12-18H2,1-3H3,(H2,25,26,27). The monoisotopic (exact) mass is 411 g/mol. The molecule has 1 aromatic carbocycles. The lowest BCUT2D eigenvalue weighted by Crippen LogP contribution is -2.40. The molecule has 164 valence electrons. The predicted octanol–water partition coefficient (Wildman–Crippen LogP) is 3.42. The van der Waals surface area contributed by atoms with Crippen molar-refractivity contribution in [3.63, 3.8) is 0 Å². The summed E-state index contributed by atoms with van der Waals surface area (Å²) in [5.41, 5.74) is 3.59. The number of hydrogen-bond acceptors (Lipinski definition) is 4. The third-order valence-electron chi connectivity index (χ3n) is 5.83. The highest BCUT2D eigenvalue weighted by molar-refractivity contribution is 5.79. The first-order valence-corrected chi connectivity index (χ1v) is 11.5. The van der Waals surface area contributed by atoms with Crippen LogP contribution in [0.1, 0.15) is 49.8 Å². The van der Waals surface area contributed by atoms with Crippen molar-refractivity contribution >= 4 is 5.96 Å². The number of aliphatic imine (C=N–C) groups is 1. The van der Waals surface area contributed by atoms with Crippen LogP contribution in [0.2, 0.25) is 0 Å². The molecule has 0 bridgehead atoms. The van der Waals surface area contributed by atoms with E-state index in [9.17, 15) is 0 Å². The summed E-state index contributed by atoms with van der Waals surface area (Å²) in [4.78, 5) is 7.39. The Morgan fingerprint density at radius 3 is 2.73 bits per heavy atom. The van der Waals surface area contributed by atoms with Crippen molar-refractivity contribution in [2.75, 3.05) is 32.7 Å². The summed E-state index contributed by atoms with van der Waals surface area (Å²) in [5, 5.41) is 11.1. The SMILES string of the molecule is CCNC(=NCc1c(CC)noc1CC)NCC1CCN(CCc2ccccc2)C1. The van der Waals surface area contributed by atoms with E-state index in [0.29, 0.717) is 12.5 Å². The van der Waals surface area contributed by atoms with Gasteiger partial charge in [0.15, 0.2) is 5.96 Å².